The largest absolute Gasteiger partial charge is 0.360 e. The lowest BCUT2D eigenvalue weighted by molar-refractivity contribution is -0.132. The number of ether oxygens (including phenoxy) is 1. The van der Waals surface area contributed by atoms with Gasteiger partial charge in [0, 0.05) is 24.6 Å². The topological polar surface area (TPSA) is 71.5 Å². The van der Waals surface area contributed by atoms with E-state index in [9.17, 15) is 9.59 Å². The minimum Gasteiger partial charge on any atom is -0.360 e. The molecule has 30 heavy (non-hydrogen) atoms. The van der Waals surface area contributed by atoms with Crippen LogP contribution in [-0.2, 0) is 20.9 Å². The molecule has 1 spiro atoms. The van der Waals surface area contributed by atoms with Gasteiger partial charge in [0.15, 0.2) is 0 Å². The van der Waals surface area contributed by atoms with E-state index in [1.54, 1.807) is 17.3 Å². The molecule has 0 aliphatic carbocycles. The third-order valence-corrected chi connectivity index (χ3v) is 6.46. The minimum absolute atomic E-state index is 0.0410. The van der Waals surface area contributed by atoms with Gasteiger partial charge in [0.05, 0.1) is 24.5 Å². The lowest BCUT2D eigenvalue weighted by Gasteiger charge is -2.23. The highest BCUT2D eigenvalue weighted by Crippen LogP contribution is 2.52. The van der Waals surface area contributed by atoms with Crippen LogP contribution in [-0.4, -0.2) is 35.0 Å². The molecule has 2 amide bonds. The fourth-order valence-corrected chi connectivity index (χ4v) is 4.87. The van der Waals surface area contributed by atoms with E-state index >= 15 is 0 Å². The van der Waals surface area contributed by atoms with Crippen LogP contribution in [0, 0.1) is 11.8 Å². The Bertz CT molecular complexity index is 1000. The van der Waals surface area contributed by atoms with Gasteiger partial charge in [-0.05, 0) is 35.2 Å². The normalized spacial score (nSPS) is 29.0. The fourth-order valence-electron chi connectivity index (χ4n) is 4.87. The van der Waals surface area contributed by atoms with Crippen molar-refractivity contribution in [3.8, 4) is 0 Å². The average Bonchev–Trinajstić information content (AvgIpc) is 3.41. The molecule has 1 aromatic heterocycles. The Morgan fingerprint density at radius 1 is 1.30 bits per heavy atom. The van der Waals surface area contributed by atoms with Gasteiger partial charge in [-0.2, -0.15) is 0 Å². The van der Waals surface area contributed by atoms with E-state index in [0.717, 1.165) is 11.3 Å². The molecule has 2 fully saturated rings. The Hall–Kier alpha value is -2.99. The molecule has 4 heterocycles. The summed E-state index contributed by atoms with van der Waals surface area (Å²) >= 11 is 0. The van der Waals surface area contributed by atoms with E-state index in [1.165, 1.54) is 5.56 Å². The molecule has 2 saturated heterocycles. The Morgan fingerprint density at radius 2 is 2.10 bits per heavy atom. The SMILES string of the molecule is CC(C)c1ccc(N2C[C@@]34C=C[C@H](O3)C(C(=O)NCc3cccnc3)C4C2=O)cc1. The molecule has 0 saturated carbocycles. The third kappa shape index (κ3) is 2.94. The summed E-state index contributed by atoms with van der Waals surface area (Å²) in [6, 6.07) is 11.8. The number of hydrogen-bond donors (Lipinski definition) is 1. The molecule has 3 aliphatic rings. The number of anilines is 1. The summed E-state index contributed by atoms with van der Waals surface area (Å²) in [6.45, 7) is 5.11. The van der Waals surface area contributed by atoms with Gasteiger partial charge in [-0.1, -0.05) is 44.2 Å². The van der Waals surface area contributed by atoms with Crippen LogP contribution in [0.5, 0.6) is 0 Å². The molecule has 2 bridgehead atoms. The first-order chi connectivity index (χ1) is 14.5. The maximum absolute atomic E-state index is 13.4. The quantitative estimate of drug-likeness (QED) is 0.780. The number of carbonyl (C=O) groups excluding carboxylic acids is 2. The molecule has 6 nitrogen and oxygen atoms in total. The van der Waals surface area contributed by atoms with Crippen molar-refractivity contribution in [1.29, 1.82) is 0 Å². The maximum atomic E-state index is 13.4. The van der Waals surface area contributed by atoms with Crippen molar-refractivity contribution < 1.29 is 14.3 Å². The van der Waals surface area contributed by atoms with Gasteiger partial charge in [0.2, 0.25) is 11.8 Å². The van der Waals surface area contributed by atoms with E-state index < -0.39 is 17.4 Å². The minimum atomic E-state index is -0.714. The molecule has 2 aromatic rings. The number of carbonyl (C=O) groups is 2. The molecule has 2 unspecified atom stereocenters. The molecular formula is C24H25N3O3. The number of hydrogen-bond acceptors (Lipinski definition) is 4. The Morgan fingerprint density at radius 3 is 2.80 bits per heavy atom. The van der Waals surface area contributed by atoms with Crippen molar-refractivity contribution in [2.45, 2.75) is 38.0 Å². The van der Waals surface area contributed by atoms with Crippen LogP contribution in [0.1, 0.15) is 30.9 Å². The molecule has 4 atom stereocenters. The van der Waals surface area contributed by atoms with Gasteiger partial charge in [-0.3, -0.25) is 14.6 Å². The van der Waals surface area contributed by atoms with Crippen LogP contribution in [0.15, 0.2) is 60.9 Å². The lowest BCUT2D eigenvalue weighted by Crippen LogP contribution is -2.44. The van der Waals surface area contributed by atoms with E-state index in [-0.39, 0.29) is 17.9 Å². The predicted octanol–water partition coefficient (Wildman–Crippen LogP) is 2.81. The average molecular weight is 403 g/mol. The number of benzene rings is 1. The van der Waals surface area contributed by atoms with Crippen molar-refractivity contribution in [2.75, 3.05) is 11.4 Å². The van der Waals surface area contributed by atoms with Crippen molar-refractivity contribution in [2.24, 2.45) is 11.8 Å². The van der Waals surface area contributed by atoms with E-state index in [0.29, 0.717) is 19.0 Å². The summed E-state index contributed by atoms with van der Waals surface area (Å²) in [6.07, 6.45) is 6.99. The summed E-state index contributed by atoms with van der Waals surface area (Å²) in [4.78, 5) is 32.3. The number of nitrogens with zero attached hydrogens (tertiary/aromatic N) is 2. The molecule has 5 rings (SSSR count). The summed E-state index contributed by atoms with van der Waals surface area (Å²) in [5, 5.41) is 2.97. The van der Waals surface area contributed by atoms with Crippen LogP contribution < -0.4 is 10.2 Å². The van der Waals surface area contributed by atoms with E-state index in [1.807, 2.05) is 36.4 Å². The van der Waals surface area contributed by atoms with Crippen molar-refractivity contribution in [3.63, 3.8) is 0 Å². The molecule has 6 heteroatoms. The molecular weight excluding hydrogens is 378 g/mol. The number of nitrogens with one attached hydrogen (secondary N) is 1. The van der Waals surface area contributed by atoms with Crippen molar-refractivity contribution in [1.82, 2.24) is 10.3 Å². The second-order valence-electron chi connectivity index (χ2n) is 8.65. The first-order valence-electron chi connectivity index (χ1n) is 10.4. The number of amides is 2. The number of fused-ring (bicyclic) bond motifs is 1. The Balaban J connectivity index is 1.36. The number of pyridine rings is 1. The maximum Gasteiger partial charge on any atom is 0.234 e. The summed E-state index contributed by atoms with van der Waals surface area (Å²) in [7, 11) is 0. The molecule has 1 aromatic carbocycles. The van der Waals surface area contributed by atoms with Crippen LogP contribution in [0.4, 0.5) is 5.69 Å². The number of rotatable bonds is 5. The first-order valence-corrected chi connectivity index (χ1v) is 10.4. The fraction of sp³-hybridized carbons (Fsp3) is 0.375. The van der Waals surface area contributed by atoms with Gasteiger partial charge in [0.1, 0.15) is 5.60 Å². The zero-order valence-electron chi connectivity index (χ0n) is 17.1. The highest BCUT2D eigenvalue weighted by atomic mass is 16.5. The zero-order valence-corrected chi connectivity index (χ0v) is 17.1. The number of aromatic nitrogens is 1. The second kappa shape index (κ2) is 7.06. The van der Waals surface area contributed by atoms with Crippen molar-refractivity contribution >= 4 is 17.5 Å². The highest BCUT2D eigenvalue weighted by molar-refractivity contribution is 6.03. The smallest absolute Gasteiger partial charge is 0.234 e. The van der Waals surface area contributed by atoms with Crippen LogP contribution >= 0.6 is 0 Å². The zero-order chi connectivity index (χ0) is 20.9. The lowest BCUT2D eigenvalue weighted by atomic mass is 9.77. The van der Waals surface area contributed by atoms with Crippen molar-refractivity contribution in [3.05, 3.63) is 72.1 Å². The van der Waals surface area contributed by atoms with Gasteiger partial charge in [0.25, 0.3) is 0 Å². The summed E-state index contributed by atoms with van der Waals surface area (Å²) in [5.41, 5.74) is 2.29. The van der Waals surface area contributed by atoms with E-state index in [4.69, 9.17) is 4.74 Å². The van der Waals surface area contributed by atoms with Crippen LogP contribution in [0.3, 0.4) is 0 Å². The first kappa shape index (κ1) is 19.0. The van der Waals surface area contributed by atoms with Gasteiger partial charge >= 0.3 is 0 Å². The van der Waals surface area contributed by atoms with Gasteiger partial charge in [-0.25, -0.2) is 0 Å². The van der Waals surface area contributed by atoms with Crippen LogP contribution in [0.2, 0.25) is 0 Å². The Kier molecular flexibility index (Phi) is 4.47. The van der Waals surface area contributed by atoms with Gasteiger partial charge < -0.3 is 15.0 Å². The Labute approximate surface area is 175 Å². The van der Waals surface area contributed by atoms with Crippen LogP contribution in [0.25, 0.3) is 0 Å². The predicted molar refractivity (Wildman–Crippen MR) is 113 cm³/mol. The summed E-state index contributed by atoms with van der Waals surface area (Å²) in [5.74, 6) is -0.766. The highest BCUT2D eigenvalue weighted by Gasteiger charge is 2.67. The van der Waals surface area contributed by atoms with Gasteiger partial charge in [-0.15, -0.1) is 0 Å². The summed E-state index contributed by atoms with van der Waals surface area (Å²) < 4.78 is 6.21. The third-order valence-electron chi connectivity index (χ3n) is 6.46. The molecule has 154 valence electrons. The van der Waals surface area contributed by atoms with E-state index in [2.05, 4.69) is 36.3 Å². The molecule has 0 radical (unpaired) electrons. The standard InChI is InChI=1S/C24H25N3O3/c1-15(2)17-5-7-18(8-6-17)27-14-24-10-9-19(30-24)20(21(24)23(27)29)22(28)26-13-16-4-3-11-25-12-16/h3-12,15,19-21H,13-14H2,1-2H3,(H,26,28)/t19-,20?,21?,24+/m0/s1. The molecule has 1 N–H and O–H groups in total. The molecule has 3 aliphatic heterocycles. The second-order valence-corrected chi connectivity index (χ2v) is 8.65. The monoisotopic (exact) mass is 403 g/mol.